The Hall–Kier alpha value is -1.88. The summed E-state index contributed by atoms with van der Waals surface area (Å²) >= 11 is 1.66. The minimum Gasteiger partial charge on any atom is -0.333 e. The summed E-state index contributed by atoms with van der Waals surface area (Å²) in [5.74, 6) is -0.167. The van der Waals surface area contributed by atoms with Gasteiger partial charge in [0.1, 0.15) is 5.56 Å². The second kappa shape index (κ2) is 7.79. The number of aryl methyl sites for hydroxylation is 2. The maximum atomic E-state index is 13.0. The van der Waals surface area contributed by atoms with Crippen molar-refractivity contribution < 1.29 is 4.79 Å². The average Bonchev–Trinajstić information content (AvgIpc) is 2.97. The van der Waals surface area contributed by atoms with Gasteiger partial charge >= 0.3 is 0 Å². The van der Waals surface area contributed by atoms with Crippen LogP contribution < -0.4 is 5.56 Å². The number of thiophene rings is 1. The molecule has 0 aliphatic rings. The van der Waals surface area contributed by atoms with Gasteiger partial charge in [0.2, 0.25) is 0 Å². The first-order valence-corrected chi connectivity index (χ1v) is 9.24. The van der Waals surface area contributed by atoms with Crippen LogP contribution in [-0.2, 0) is 13.6 Å². The van der Waals surface area contributed by atoms with E-state index in [1.54, 1.807) is 29.0 Å². The van der Waals surface area contributed by atoms with Gasteiger partial charge in [0, 0.05) is 24.2 Å². The first-order chi connectivity index (χ1) is 11.4. The monoisotopic (exact) mass is 346 g/mol. The Morgan fingerprint density at radius 3 is 2.54 bits per heavy atom. The molecule has 0 fully saturated rings. The Bertz CT molecular complexity index is 789. The number of carbonyl (C=O) groups is 1. The van der Waals surface area contributed by atoms with Crippen LogP contribution in [0, 0.1) is 20.8 Å². The quantitative estimate of drug-likeness (QED) is 0.798. The number of aromatic nitrogens is 1. The highest BCUT2D eigenvalue weighted by atomic mass is 32.1. The van der Waals surface area contributed by atoms with Crippen LogP contribution in [0.25, 0.3) is 0 Å². The van der Waals surface area contributed by atoms with Crippen molar-refractivity contribution in [3.8, 4) is 0 Å². The van der Waals surface area contributed by atoms with Crippen molar-refractivity contribution in [3.63, 3.8) is 0 Å². The summed E-state index contributed by atoms with van der Waals surface area (Å²) in [6, 6.07) is 3.80. The molecule has 4 nitrogen and oxygen atoms in total. The predicted molar refractivity (Wildman–Crippen MR) is 99.9 cm³/mol. The molecule has 0 saturated carbocycles. The fourth-order valence-corrected chi connectivity index (χ4v) is 3.57. The smallest absolute Gasteiger partial charge is 0.263 e. The molecule has 1 amide bonds. The lowest BCUT2D eigenvalue weighted by molar-refractivity contribution is 0.0739. The fourth-order valence-electron chi connectivity index (χ4n) is 2.64. The molecule has 0 spiro atoms. The van der Waals surface area contributed by atoms with Gasteiger partial charge in [0.05, 0.1) is 6.54 Å². The minimum atomic E-state index is -0.215. The van der Waals surface area contributed by atoms with E-state index in [-0.39, 0.29) is 17.0 Å². The number of unbranched alkanes of at least 4 members (excludes halogenated alkanes) is 1. The number of hydrogen-bond donors (Lipinski definition) is 0. The standard InChI is InChI=1S/C19H26N2O2S/c1-6-7-9-21(12-17-13(2)8-10-24-17)19(23)16-11-14(3)15(4)20(5)18(16)22/h8,10-11H,6-7,9,12H2,1-5H3. The third kappa shape index (κ3) is 3.78. The molecule has 0 aliphatic carbocycles. The second-order valence-electron chi connectivity index (χ2n) is 6.30. The Morgan fingerprint density at radius 1 is 1.25 bits per heavy atom. The van der Waals surface area contributed by atoms with Gasteiger partial charge in [0.15, 0.2) is 0 Å². The lowest BCUT2D eigenvalue weighted by Gasteiger charge is -2.23. The van der Waals surface area contributed by atoms with E-state index in [1.807, 2.05) is 24.1 Å². The number of carbonyl (C=O) groups excluding carboxylic acids is 1. The topological polar surface area (TPSA) is 42.3 Å². The normalized spacial score (nSPS) is 10.9. The fraction of sp³-hybridized carbons (Fsp3) is 0.474. The van der Waals surface area contributed by atoms with Crippen LogP contribution in [-0.4, -0.2) is 21.9 Å². The molecule has 0 saturated heterocycles. The summed E-state index contributed by atoms with van der Waals surface area (Å²) in [5.41, 5.74) is 3.11. The average molecular weight is 346 g/mol. The van der Waals surface area contributed by atoms with Gasteiger partial charge in [-0.3, -0.25) is 9.59 Å². The van der Waals surface area contributed by atoms with Crippen molar-refractivity contribution in [3.05, 3.63) is 55.1 Å². The van der Waals surface area contributed by atoms with E-state index < -0.39 is 0 Å². The molecular weight excluding hydrogens is 320 g/mol. The Labute approximate surface area is 147 Å². The summed E-state index contributed by atoms with van der Waals surface area (Å²) < 4.78 is 1.57. The molecule has 130 valence electrons. The van der Waals surface area contributed by atoms with Gasteiger partial charge in [-0.15, -0.1) is 11.3 Å². The molecule has 0 aliphatic heterocycles. The molecule has 2 aromatic rings. The molecule has 2 rings (SSSR count). The predicted octanol–water partition coefficient (Wildman–Crippen LogP) is 3.81. The highest BCUT2D eigenvalue weighted by Crippen LogP contribution is 2.19. The van der Waals surface area contributed by atoms with E-state index in [1.165, 1.54) is 10.4 Å². The van der Waals surface area contributed by atoms with E-state index in [4.69, 9.17) is 0 Å². The van der Waals surface area contributed by atoms with Crippen LogP contribution in [0.15, 0.2) is 22.3 Å². The molecule has 24 heavy (non-hydrogen) atoms. The maximum Gasteiger partial charge on any atom is 0.263 e. The molecule has 0 unspecified atom stereocenters. The summed E-state index contributed by atoms with van der Waals surface area (Å²) in [4.78, 5) is 28.6. The first kappa shape index (κ1) is 18.5. The van der Waals surface area contributed by atoms with Crippen molar-refractivity contribution in [1.82, 2.24) is 9.47 Å². The Balaban J connectivity index is 2.38. The molecular formula is C19H26N2O2S. The zero-order chi connectivity index (χ0) is 17.9. The molecule has 0 atom stereocenters. The van der Waals surface area contributed by atoms with Gasteiger partial charge in [-0.1, -0.05) is 13.3 Å². The van der Waals surface area contributed by atoms with E-state index in [0.717, 1.165) is 24.1 Å². The van der Waals surface area contributed by atoms with Crippen molar-refractivity contribution in [2.75, 3.05) is 6.54 Å². The van der Waals surface area contributed by atoms with Gasteiger partial charge < -0.3 is 9.47 Å². The van der Waals surface area contributed by atoms with Gasteiger partial charge in [-0.25, -0.2) is 0 Å². The molecule has 2 aromatic heterocycles. The number of amides is 1. The molecule has 0 aromatic carbocycles. The van der Waals surface area contributed by atoms with Crippen molar-refractivity contribution >= 4 is 17.2 Å². The van der Waals surface area contributed by atoms with E-state index in [9.17, 15) is 9.59 Å². The van der Waals surface area contributed by atoms with Crippen LogP contribution in [0.5, 0.6) is 0 Å². The molecule has 5 heteroatoms. The lowest BCUT2D eigenvalue weighted by atomic mass is 10.1. The molecule has 0 radical (unpaired) electrons. The van der Waals surface area contributed by atoms with Gasteiger partial charge in [-0.05, 0) is 55.8 Å². The largest absolute Gasteiger partial charge is 0.333 e. The Morgan fingerprint density at radius 2 is 1.96 bits per heavy atom. The van der Waals surface area contributed by atoms with Crippen LogP contribution in [0.3, 0.4) is 0 Å². The zero-order valence-corrected chi connectivity index (χ0v) is 16.0. The second-order valence-corrected chi connectivity index (χ2v) is 7.30. The van der Waals surface area contributed by atoms with Crippen LogP contribution >= 0.6 is 11.3 Å². The van der Waals surface area contributed by atoms with Crippen LogP contribution in [0.2, 0.25) is 0 Å². The van der Waals surface area contributed by atoms with Crippen molar-refractivity contribution in [2.24, 2.45) is 7.05 Å². The third-order valence-electron chi connectivity index (χ3n) is 4.57. The van der Waals surface area contributed by atoms with Crippen molar-refractivity contribution in [2.45, 2.75) is 47.1 Å². The summed E-state index contributed by atoms with van der Waals surface area (Å²) in [6.45, 7) is 9.23. The highest BCUT2D eigenvalue weighted by Gasteiger charge is 2.21. The summed E-state index contributed by atoms with van der Waals surface area (Å²) in [6.07, 6.45) is 1.94. The number of pyridine rings is 1. The summed E-state index contributed by atoms with van der Waals surface area (Å²) in [5, 5.41) is 2.04. The SMILES string of the molecule is CCCCN(Cc1sccc1C)C(=O)c1cc(C)c(C)n(C)c1=O. The van der Waals surface area contributed by atoms with E-state index in [2.05, 4.69) is 19.9 Å². The first-order valence-electron chi connectivity index (χ1n) is 8.36. The van der Waals surface area contributed by atoms with Gasteiger partial charge in [0.25, 0.3) is 11.5 Å². The summed E-state index contributed by atoms with van der Waals surface area (Å²) in [7, 11) is 1.72. The number of hydrogen-bond acceptors (Lipinski definition) is 3. The Kier molecular flexibility index (Phi) is 5.99. The maximum absolute atomic E-state index is 13.0. The number of nitrogens with zero attached hydrogens (tertiary/aromatic N) is 2. The van der Waals surface area contributed by atoms with Crippen LogP contribution in [0.4, 0.5) is 0 Å². The third-order valence-corrected chi connectivity index (χ3v) is 5.58. The number of rotatable bonds is 6. The van der Waals surface area contributed by atoms with Crippen LogP contribution in [0.1, 0.15) is 51.8 Å². The molecule has 0 N–H and O–H groups in total. The van der Waals surface area contributed by atoms with E-state index in [0.29, 0.717) is 13.1 Å². The van der Waals surface area contributed by atoms with Gasteiger partial charge in [-0.2, -0.15) is 0 Å². The molecule has 0 bridgehead atoms. The zero-order valence-electron chi connectivity index (χ0n) is 15.2. The minimum absolute atomic E-state index is 0.167. The van der Waals surface area contributed by atoms with Crippen molar-refractivity contribution in [1.29, 1.82) is 0 Å². The lowest BCUT2D eigenvalue weighted by Crippen LogP contribution is -2.37. The van der Waals surface area contributed by atoms with E-state index >= 15 is 0 Å². The highest BCUT2D eigenvalue weighted by molar-refractivity contribution is 7.10. The molecule has 2 heterocycles.